The highest BCUT2D eigenvalue weighted by Crippen LogP contribution is 2.70. The molecule has 2 heterocycles. The minimum atomic E-state index is -0.628. The molecule has 0 radical (unpaired) electrons. The third-order valence-electron chi connectivity index (χ3n) is 11.9. The highest BCUT2D eigenvalue weighted by Gasteiger charge is 2.67. The van der Waals surface area contributed by atoms with E-state index < -0.39 is 6.10 Å². The molecule has 7 nitrogen and oxygen atoms in total. The Labute approximate surface area is 220 Å². The number of ketones is 1. The predicted octanol–water partition coefficient (Wildman–Crippen LogP) is 4.35. The van der Waals surface area contributed by atoms with Gasteiger partial charge in [0.25, 0.3) is 0 Å². The number of carbonyl (C=O) groups excluding carboxylic acids is 2. The van der Waals surface area contributed by atoms with Crippen LogP contribution in [0.1, 0.15) is 85.0 Å². The summed E-state index contributed by atoms with van der Waals surface area (Å²) in [4.78, 5) is 26.1. The van der Waals surface area contributed by atoms with Crippen LogP contribution in [0.5, 0.6) is 0 Å². The van der Waals surface area contributed by atoms with Gasteiger partial charge >= 0.3 is 5.97 Å². The maximum atomic E-state index is 14.4. The molecule has 37 heavy (non-hydrogen) atoms. The van der Waals surface area contributed by atoms with Crippen molar-refractivity contribution in [3.63, 3.8) is 0 Å². The van der Waals surface area contributed by atoms with Crippen molar-refractivity contribution in [1.82, 2.24) is 0 Å². The van der Waals surface area contributed by atoms with E-state index in [2.05, 4.69) is 13.8 Å². The molecule has 0 aromatic rings. The summed E-state index contributed by atoms with van der Waals surface area (Å²) in [6.07, 6.45) is 9.85. The van der Waals surface area contributed by atoms with E-state index in [1.54, 1.807) is 13.2 Å². The maximum Gasteiger partial charge on any atom is 0.331 e. The van der Waals surface area contributed by atoms with Gasteiger partial charge in [-0.3, -0.25) is 4.79 Å². The predicted molar refractivity (Wildman–Crippen MR) is 135 cm³/mol. The number of cyclic esters (lactones) is 1. The monoisotopic (exact) mass is 516 g/mol. The number of hydrogen-bond acceptors (Lipinski definition) is 7. The molecule has 1 spiro atoms. The van der Waals surface area contributed by atoms with Gasteiger partial charge in [-0.15, -0.1) is 0 Å². The lowest BCUT2D eigenvalue weighted by Crippen LogP contribution is -2.64. The van der Waals surface area contributed by atoms with Gasteiger partial charge in [0.1, 0.15) is 18.5 Å². The first-order chi connectivity index (χ1) is 17.6. The van der Waals surface area contributed by atoms with Crippen LogP contribution in [0.4, 0.5) is 0 Å². The zero-order valence-electron chi connectivity index (χ0n) is 22.9. The van der Waals surface area contributed by atoms with Crippen molar-refractivity contribution in [2.75, 3.05) is 13.7 Å². The Morgan fingerprint density at radius 1 is 1.03 bits per heavy atom. The Hall–Kier alpha value is -1.28. The molecule has 11 atom stereocenters. The molecular formula is C30H44O7. The average Bonchev–Trinajstić information content (AvgIpc) is 3.29. The van der Waals surface area contributed by atoms with E-state index in [1.807, 2.05) is 6.92 Å². The lowest BCUT2D eigenvalue weighted by atomic mass is 9.37. The van der Waals surface area contributed by atoms with E-state index in [0.717, 1.165) is 63.4 Å². The van der Waals surface area contributed by atoms with E-state index in [1.165, 1.54) is 0 Å². The van der Waals surface area contributed by atoms with Gasteiger partial charge in [-0.1, -0.05) is 13.8 Å². The molecule has 4 saturated carbocycles. The fraction of sp³-hybridized carbons (Fsp3) is 0.867. The molecule has 0 aromatic carbocycles. The number of esters is 1. The van der Waals surface area contributed by atoms with Gasteiger partial charge in [-0.25, -0.2) is 4.79 Å². The normalized spacial score (nSPS) is 51.6. The highest BCUT2D eigenvalue weighted by molar-refractivity contribution is 5.93. The number of carbonyl (C=O) groups is 2. The Morgan fingerprint density at radius 3 is 2.54 bits per heavy atom. The van der Waals surface area contributed by atoms with Crippen LogP contribution in [0.25, 0.3) is 0 Å². The van der Waals surface area contributed by atoms with Crippen molar-refractivity contribution in [2.45, 2.75) is 116 Å². The van der Waals surface area contributed by atoms with Crippen molar-refractivity contribution in [3.05, 3.63) is 11.6 Å². The Kier molecular flexibility index (Phi) is 6.42. The zero-order valence-corrected chi connectivity index (χ0v) is 22.9. The molecule has 7 heteroatoms. The smallest absolute Gasteiger partial charge is 0.331 e. The minimum Gasteiger partial charge on any atom is -0.458 e. The molecule has 206 valence electrons. The first-order valence-corrected chi connectivity index (χ1v) is 14.5. The first-order valence-electron chi connectivity index (χ1n) is 14.5. The van der Waals surface area contributed by atoms with E-state index >= 15 is 0 Å². The summed E-state index contributed by atoms with van der Waals surface area (Å²) in [6, 6.07) is 0. The number of ether oxygens (including phenoxy) is 4. The fourth-order valence-electron chi connectivity index (χ4n) is 9.85. The lowest BCUT2D eigenvalue weighted by molar-refractivity contribution is -0.272. The molecule has 4 aliphatic carbocycles. The standard InChI is InChI=1S/C30H44O7/c1-17-26(32)22(34-4)15-25(36-17)37-20-6-9-28(2)19(14-20)5-11-30-12-7-21(18-13-24(31)35-16-18)29(3,27(30)33)10-8-23(28)30/h13,17,19-23,25-26,32H,5-12,14-16H2,1-4H3/t17-,19+,20+,21+,22+,23+,25-,26-,28+,29+,30+/m0/s1. The van der Waals surface area contributed by atoms with Gasteiger partial charge in [-0.2, -0.15) is 0 Å². The number of Topliss-reactive ketones (excluding diaryl/α,β-unsaturated/α-hetero) is 1. The van der Waals surface area contributed by atoms with Crippen molar-refractivity contribution >= 4 is 11.8 Å². The van der Waals surface area contributed by atoms with Crippen molar-refractivity contribution in [1.29, 1.82) is 0 Å². The number of rotatable bonds is 4. The molecule has 0 amide bonds. The molecule has 6 aliphatic rings. The molecule has 0 unspecified atom stereocenters. The number of hydrogen-bond donors (Lipinski definition) is 1. The summed E-state index contributed by atoms with van der Waals surface area (Å²) in [7, 11) is 1.63. The second kappa shape index (κ2) is 9.14. The van der Waals surface area contributed by atoms with Crippen molar-refractivity contribution in [2.24, 2.45) is 34.0 Å². The van der Waals surface area contributed by atoms with Crippen LogP contribution < -0.4 is 0 Å². The third-order valence-corrected chi connectivity index (χ3v) is 11.9. The van der Waals surface area contributed by atoms with Gasteiger partial charge in [-0.05, 0) is 93.5 Å². The van der Waals surface area contributed by atoms with Crippen molar-refractivity contribution in [3.8, 4) is 0 Å². The molecular weight excluding hydrogens is 472 g/mol. The number of aliphatic hydroxyl groups is 1. The van der Waals surface area contributed by atoms with Crippen LogP contribution in [0, 0.1) is 34.0 Å². The summed E-state index contributed by atoms with van der Waals surface area (Å²) in [5, 5.41) is 10.3. The van der Waals surface area contributed by atoms with Gasteiger partial charge in [0.05, 0.1) is 18.3 Å². The lowest BCUT2D eigenvalue weighted by Gasteiger charge is -2.66. The van der Waals surface area contributed by atoms with Gasteiger partial charge < -0.3 is 24.1 Å². The van der Waals surface area contributed by atoms with Crippen molar-refractivity contribution < 1.29 is 33.6 Å². The zero-order chi connectivity index (χ0) is 26.2. The van der Waals surface area contributed by atoms with Crippen LogP contribution in [0.3, 0.4) is 0 Å². The topological polar surface area (TPSA) is 91.3 Å². The molecule has 6 rings (SSSR count). The number of methoxy groups -OCH3 is 1. The summed E-state index contributed by atoms with van der Waals surface area (Å²) in [5.74, 6) is 1.33. The molecule has 2 bridgehead atoms. The second-order valence-electron chi connectivity index (χ2n) is 13.5. The van der Waals surface area contributed by atoms with Gasteiger partial charge in [0, 0.05) is 30.4 Å². The summed E-state index contributed by atoms with van der Waals surface area (Å²) in [6.45, 7) is 6.87. The minimum absolute atomic E-state index is 0.139. The van der Waals surface area contributed by atoms with Gasteiger partial charge in [0.15, 0.2) is 6.29 Å². The Morgan fingerprint density at radius 2 is 1.81 bits per heavy atom. The first kappa shape index (κ1) is 26.0. The van der Waals surface area contributed by atoms with Crippen LogP contribution in [0.15, 0.2) is 11.6 Å². The van der Waals surface area contributed by atoms with Crippen LogP contribution in [-0.4, -0.2) is 61.3 Å². The Bertz CT molecular complexity index is 977. The quantitative estimate of drug-likeness (QED) is 0.439. The SMILES string of the molecule is CO[C@@H]1C[C@H](O[C@@H]2CC[C@]3(C)[C@H](CC[C@@]45CC[C@H](C6=CC(=O)OC6)[C@@](C)(CC[C@@H]43)C5=O)C2)O[C@@H](C)[C@@H]1O. The maximum absolute atomic E-state index is 14.4. The summed E-state index contributed by atoms with van der Waals surface area (Å²) < 4.78 is 23.2. The number of fused-ring (bicyclic) bond motifs is 3. The largest absolute Gasteiger partial charge is 0.458 e. The molecule has 2 aliphatic heterocycles. The third kappa shape index (κ3) is 3.89. The average molecular weight is 517 g/mol. The summed E-state index contributed by atoms with van der Waals surface area (Å²) in [5.41, 5.74) is 0.597. The molecule has 1 saturated heterocycles. The van der Waals surface area contributed by atoms with Crippen LogP contribution in [-0.2, 0) is 28.5 Å². The van der Waals surface area contributed by atoms with E-state index in [0.29, 0.717) is 30.6 Å². The molecule has 1 N–H and O–H groups in total. The van der Waals surface area contributed by atoms with Crippen LogP contribution >= 0.6 is 0 Å². The molecule has 5 fully saturated rings. The Balaban J connectivity index is 1.16. The van der Waals surface area contributed by atoms with E-state index in [9.17, 15) is 14.7 Å². The second-order valence-corrected chi connectivity index (χ2v) is 13.5. The van der Waals surface area contributed by atoms with E-state index in [4.69, 9.17) is 18.9 Å². The van der Waals surface area contributed by atoms with Gasteiger partial charge in [0.2, 0.25) is 0 Å². The number of aliphatic hydroxyl groups excluding tert-OH is 1. The molecule has 0 aromatic heterocycles. The fourth-order valence-corrected chi connectivity index (χ4v) is 9.85. The van der Waals surface area contributed by atoms with E-state index in [-0.39, 0.29) is 52.7 Å². The highest BCUT2D eigenvalue weighted by atomic mass is 16.7. The summed E-state index contributed by atoms with van der Waals surface area (Å²) >= 11 is 0. The van der Waals surface area contributed by atoms with Crippen LogP contribution in [0.2, 0.25) is 0 Å².